The maximum Gasteiger partial charge on any atom is 0.279 e. The van der Waals surface area contributed by atoms with Crippen LogP contribution < -0.4 is 20.3 Å². The van der Waals surface area contributed by atoms with Crippen molar-refractivity contribution in [2.75, 3.05) is 6.61 Å². The first-order chi connectivity index (χ1) is 15.8. The molecule has 0 saturated carbocycles. The van der Waals surface area contributed by atoms with Gasteiger partial charge in [-0.2, -0.15) is 0 Å². The molecule has 0 saturated heterocycles. The molecule has 1 unspecified atom stereocenters. The maximum absolute atomic E-state index is 12.3. The molecule has 0 heterocycles. The molecular formula is C27H30N2O4. The van der Waals surface area contributed by atoms with Crippen LogP contribution in [-0.4, -0.2) is 24.5 Å². The zero-order valence-corrected chi connectivity index (χ0v) is 19.4. The zero-order valence-electron chi connectivity index (χ0n) is 19.4. The highest BCUT2D eigenvalue weighted by atomic mass is 16.5. The molecule has 2 N–H and O–H groups in total. The summed E-state index contributed by atoms with van der Waals surface area (Å²) in [7, 11) is 0. The van der Waals surface area contributed by atoms with E-state index in [2.05, 4.69) is 24.7 Å². The van der Waals surface area contributed by atoms with Gasteiger partial charge in [-0.05, 0) is 60.2 Å². The van der Waals surface area contributed by atoms with Crippen molar-refractivity contribution >= 4 is 11.8 Å². The molecule has 0 aliphatic rings. The fourth-order valence-corrected chi connectivity index (χ4v) is 3.27. The predicted octanol–water partition coefficient (Wildman–Crippen LogP) is 4.78. The number of nitrogens with one attached hydrogen (secondary N) is 2. The molecule has 0 spiro atoms. The van der Waals surface area contributed by atoms with Crippen LogP contribution >= 0.6 is 0 Å². The number of hydrogen-bond donors (Lipinski definition) is 2. The third-order valence-corrected chi connectivity index (χ3v) is 5.12. The molecular weight excluding hydrogens is 416 g/mol. The largest absolute Gasteiger partial charge is 0.483 e. The van der Waals surface area contributed by atoms with Crippen LogP contribution in [0.25, 0.3) is 11.1 Å². The van der Waals surface area contributed by atoms with Crippen LogP contribution in [0.2, 0.25) is 0 Å². The fourth-order valence-electron chi connectivity index (χ4n) is 3.27. The maximum atomic E-state index is 12.3. The fraction of sp³-hybridized carbons (Fsp3) is 0.259. The second-order valence-electron chi connectivity index (χ2n) is 8.17. The second-order valence-corrected chi connectivity index (χ2v) is 8.17. The Morgan fingerprint density at radius 2 is 1.52 bits per heavy atom. The molecule has 0 radical (unpaired) electrons. The number of carbonyl (C=O) groups excluding carboxylic acids is 2. The molecule has 3 rings (SSSR count). The number of ether oxygens (including phenoxy) is 2. The summed E-state index contributed by atoms with van der Waals surface area (Å²) in [5.74, 6) is 0.575. The summed E-state index contributed by atoms with van der Waals surface area (Å²) < 4.78 is 11.4. The minimum absolute atomic E-state index is 0.209. The molecule has 1 atom stereocenters. The molecule has 6 heteroatoms. The van der Waals surface area contributed by atoms with Crippen LogP contribution in [-0.2, 0) is 9.59 Å². The van der Waals surface area contributed by atoms with E-state index in [-0.39, 0.29) is 12.5 Å². The van der Waals surface area contributed by atoms with Crippen molar-refractivity contribution < 1.29 is 19.1 Å². The summed E-state index contributed by atoms with van der Waals surface area (Å²) in [5, 5.41) is 0. The number of carbonyl (C=O) groups is 2. The Kier molecular flexibility index (Phi) is 8.08. The summed E-state index contributed by atoms with van der Waals surface area (Å²) in [6, 6.07) is 23.4. The van der Waals surface area contributed by atoms with Gasteiger partial charge in [-0.15, -0.1) is 0 Å². The SMILES string of the molecule is Cc1ccc(C(C)C)c(OCC(=O)NNC(=O)C(C)Oc2ccc(-c3ccccc3)cc2)c1. The standard InChI is InChI=1S/C27H30N2O4/c1-18(2)24-15-10-19(3)16-25(24)32-17-26(30)28-29-27(31)20(4)33-23-13-11-22(12-14-23)21-8-6-5-7-9-21/h5-16,18,20H,17H2,1-4H3,(H,28,30)(H,29,31). The summed E-state index contributed by atoms with van der Waals surface area (Å²) in [6.07, 6.45) is -0.793. The summed E-state index contributed by atoms with van der Waals surface area (Å²) in [4.78, 5) is 24.5. The number of hydrazine groups is 1. The van der Waals surface area contributed by atoms with Gasteiger partial charge in [-0.25, -0.2) is 0 Å². The van der Waals surface area contributed by atoms with Crippen molar-refractivity contribution in [1.82, 2.24) is 10.9 Å². The lowest BCUT2D eigenvalue weighted by Crippen LogP contribution is -2.48. The van der Waals surface area contributed by atoms with E-state index in [1.807, 2.05) is 79.7 Å². The molecule has 3 aromatic rings. The average Bonchev–Trinajstić information content (AvgIpc) is 2.82. The topological polar surface area (TPSA) is 76.7 Å². The number of aryl methyl sites for hydroxylation is 1. The van der Waals surface area contributed by atoms with Gasteiger partial charge < -0.3 is 9.47 Å². The smallest absolute Gasteiger partial charge is 0.279 e. The Morgan fingerprint density at radius 3 is 2.18 bits per heavy atom. The highest BCUT2D eigenvalue weighted by molar-refractivity contribution is 5.85. The first-order valence-corrected chi connectivity index (χ1v) is 11.0. The van der Waals surface area contributed by atoms with E-state index in [0.717, 1.165) is 22.3 Å². The summed E-state index contributed by atoms with van der Waals surface area (Å²) in [6.45, 7) is 7.50. The van der Waals surface area contributed by atoms with E-state index in [1.165, 1.54) is 0 Å². The molecule has 0 aliphatic carbocycles. The van der Waals surface area contributed by atoms with Crippen LogP contribution in [0.15, 0.2) is 72.8 Å². The van der Waals surface area contributed by atoms with Crippen molar-refractivity contribution in [3.8, 4) is 22.6 Å². The third-order valence-electron chi connectivity index (χ3n) is 5.12. The lowest BCUT2D eigenvalue weighted by molar-refractivity contribution is -0.133. The van der Waals surface area contributed by atoms with Gasteiger partial charge in [-0.1, -0.05) is 68.4 Å². The quantitative estimate of drug-likeness (QED) is 0.488. The Balaban J connectivity index is 1.46. The van der Waals surface area contributed by atoms with Crippen molar-refractivity contribution in [1.29, 1.82) is 0 Å². The van der Waals surface area contributed by atoms with E-state index < -0.39 is 17.9 Å². The minimum Gasteiger partial charge on any atom is -0.483 e. The van der Waals surface area contributed by atoms with E-state index in [4.69, 9.17) is 9.47 Å². The normalized spacial score (nSPS) is 11.5. The molecule has 33 heavy (non-hydrogen) atoms. The molecule has 6 nitrogen and oxygen atoms in total. The molecule has 0 aliphatic heterocycles. The van der Waals surface area contributed by atoms with E-state index >= 15 is 0 Å². The van der Waals surface area contributed by atoms with Gasteiger partial charge in [0, 0.05) is 0 Å². The van der Waals surface area contributed by atoms with Crippen LogP contribution in [0.1, 0.15) is 37.8 Å². The Labute approximate surface area is 194 Å². The molecule has 0 aromatic heterocycles. The van der Waals surface area contributed by atoms with Crippen molar-refractivity contribution in [3.05, 3.63) is 83.9 Å². The van der Waals surface area contributed by atoms with Gasteiger partial charge >= 0.3 is 0 Å². The zero-order chi connectivity index (χ0) is 23.8. The van der Waals surface area contributed by atoms with Gasteiger partial charge in [-0.3, -0.25) is 20.4 Å². The number of hydrogen-bond acceptors (Lipinski definition) is 4. The summed E-state index contributed by atoms with van der Waals surface area (Å²) in [5.41, 5.74) is 8.98. The van der Waals surface area contributed by atoms with Gasteiger partial charge in [0.2, 0.25) is 0 Å². The molecule has 2 amide bonds. The Morgan fingerprint density at radius 1 is 0.848 bits per heavy atom. The Bertz CT molecular complexity index is 1080. The molecule has 0 bridgehead atoms. The number of benzene rings is 3. The van der Waals surface area contributed by atoms with Crippen molar-refractivity contribution in [3.63, 3.8) is 0 Å². The lowest BCUT2D eigenvalue weighted by Gasteiger charge is -2.17. The highest BCUT2D eigenvalue weighted by Gasteiger charge is 2.16. The lowest BCUT2D eigenvalue weighted by atomic mass is 10.0. The average molecular weight is 447 g/mol. The molecule has 0 fully saturated rings. The first-order valence-electron chi connectivity index (χ1n) is 11.0. The van der Waals surface area contributed by atoms with Gasteiger partial charge in [0.05, 0.1) is 0 Å². The third kappa shape index (κ3) is 6.84. The molecule has 172 valence electrons. The number of amides is 2. The van der Waals surface area contributed by atoms with Crippen molar-refractivity contribution in [2.45, 2.75) is 39.7 Å². The molecule has 3 aromatic carbocycles. The van der Waals surface area contributed by atoms with Gasteiger partial charge in [0.1, 0.15) is 11.5 Å². The van der Waals surface area contributed by atoms with E-state index in [0.29, 0.717) is 11.5 Å². The van der Waals surface area contributed by atoms with Gasteiger partial charge in [0.15, 0.2) is 12.7 Å². The van der Waals surface area contributed by atoms with Gasteiger partial charge in [0.25, 0.3) is 11.8 Å². The van der Waals surface area contributed by atoms with Crippen LogP contribution in [0.4, 0.5) is 0 Å². The van der Waals surface area contributed by atoms with Crippen LogP contribution in [0.3, 0.4) is 0 Å². The van der Waals surface area contributed by atoms with Crippen LogP contribution in [0, 0.1) is 6.92 Å². The summed E-state index contributed by atoms with van der Waals surface area (Å²) >= 11 is 0. The highest BCUT2D eigenvalue weighted by Crippen LogP contribution is 2.27. The van der Waals surface area contributed by atoms with E-state index in [1.54, 1.807) is 6.92 Å². The second kappa shape index (κ2) is 11.2. The van der Waals surface area contributed by atoms with Crippen LogP contribution in [0.5, 0.6) is 11.5 Å². The first kappa shape index (κ1) is 23.9. The number of rotatable bonds is 8. The Hall–Kier alpha value is -3.80. The van der Waals surface area contributed by atoms with Crippen molar-refractivity contribution in [2.24, 2.45) is 0 Å². The monoisotopic (exact) mass is 446 g/mol. The minimum atomic E-state index is -0.793. The predicted molar refractivity (Wildman–Crippen MR) is 129 cm³/mol. The van der Waals surface area contributed by atoms with E-state index in [9.17, 15) is 9.59 Å².